The zero-order chi connectivity index (χ0) is 12.5. The van der Waals surface area contributed by atoms with E-state index in [9.17, 15) is 4.79 Å². The van der Waals surface area contributed by atoms with E-state index in [1.807, 2.05) is 18.2 Å². The molecule has 1 aliphatic heterocycles. The van der Waals surface area contributed by atoms with Gasteiger partial charge in [-0.05, 0) is 30.5 Å². The smallest absolute Gasteiger partial charge is 0.327 e. The van der Waals surface area contributed by atoms with Crippen molar-refractivity contribution in [2.45, 2.75) is 24.9 Å². The van der Waals surface area contributed by atoms with E-state index in [-0.39, 0.29) is 12.8 Å². The summed E-state index contributed by atoms with van der Waals surface area (Å²) in [6.45, 7) is 0.234. The molecule has 1 saturated carbocycles. The fraction of sp³-hybridized carbons (Fsp3) is 0.462. The van der Waals surface area contributed by atoms with Crippen LogP contribution < -0.4 is 14.8 Å². The van der Waals surface area contributed by atoms with Gasteiger partial charge in [-0.25, -0.2) is 4.79 Å². The monoisotopic (exact) mass is 249 g/mol. The molecule has 0 bridgehead atoms. The third kappa shape index (κ3) is 2.13. The summed E-state index contributed by atoms with van der Waals surface area (Å²) in [7, 11) is 1.40. The van der Waals surface area contributed by atoms with E-state index in [0.29, 0.717) is 17.5 Å². The van der Waals surface area contributed by atoms with Crippen molar-refractivity contribution in [2.75, 3.05) is 13.9 Å². The highest BCUT2D eigenvalue weighted by atomic mass is 16.7. The van der Waals surface area contributed by atoms with E-state index in [1.165, 1.54) is 7.11 Å². The second-order valence-electron chi connectivity index (χ2n) is 4.51. The van der Waals surface area contributed by atoms with Crippen LogP contribution in [0.5, 0.6) is 11.5 Å². The topological polar surface area (TPSA) is 56.8 Å². The van der Waals surface area contributed by atoms with Crippen LogP contribution in [0.15, 0.2) is 18.2 Å². The second kappa shape index (κ2) is 4.49. The van der Waals surface area contributed by atoms with Gasteiger partial charge in [0, 0.05) is 6.04 Å². The molecule has 1 aromatic carbocycles. The molecule has 0 spiro atoms. The Labute approximate surface area is 105 Å². The molecule has 0 amide bonds. The molecular weight excluding hydrogens is 234 g/mol. The number of esters is 1. The Morgan fingerprint density at radius 2 is 2.17 bits per heavy atom. The lowest BCUT2D eigenvalue weighted by molar-refractivity contribution is -0.143. The van der Waals surface area contributed by atoms with Crippen LogP contribution in [0.1, 0.15) is 24.4 Å². The summed E-state index contributed by atoms with van der Waals surface area (Å²) in [6, 6.07) is 5.50. The van der Waals surface area contributed by atoms with Gasteiger partial charge in [0.2, 0.25) is 6.79 Å². The highest BCUT2D eigenvalue weighted by molar-refractivity contribution is 5.78. The van der Waals surface area contributed by atoms with Crippen LogP contribution in [-0.4, -0.2) is 25.9 Å². The normalized spacial score (nSPS) is 18.5. The minimum Gasteiger partial charge on any atom is -0.468 e. The molecule has 1 unspecified atom stereocenters. The van der Waals surface area contributed by atoms with Crippen molar-refractivity contribution < 1.29 is 19.0 Å². The first-order valence-electron chi connectivity index (χ1n) is 6.01. The van der Waals surface area contributed by atoms with Crippen LogP contribution in [0.2, 0.25) is 0 Å². The molecule has 96 valence electrons. The van der Waals surface area contributed by atoms with Crippen LogP contribution in [0.3, 0.4) is 0 Å². The Hall–Kier alpha value is -1.75. The average molecular weight is 249 g/mol. The first-order chi connectivity index (χ1) is 8.78. The molecule has 5 heteroatoms. The van der Waals surface area contributed by atoms with Crippen LogP contribution in [0.4, 0.5) is 0 Å². The van der Waals surface area contributed by atoms with Gasteiger partial charge in [0.1, 0.15) is 6.04 Å². The minimum atomic E-state index is -0.433. The highest BCUT2D eigenvalue weighted by Gasteiger charge is 2.31. The van der Waals surface area contributed by atoms with Gasteiger partial charge in [-0.15, -0.1) is 0 Å². The molecule has 1 aliphatic carbocycles. The Bertz CT molecular complexity index is 470. The van der Waals surface area contributed by atoms with Crippen molar-refractivity contribution in [3.05, 3.63) is 23.8 Å². The largest absolute Gasteiger partial charge is 0.468 e. The SMILES string of the molecule is COC(=O)C(NC1CC1)c1ccc2c(c1)OCO2. The van der Waals surface area contributed by atoms with Crippen molar-refractivity contribution in [3.63, 3.8) is 0 Å². The van der Waals surface area contributed by atoms with Crippen LogP contribution in [-0.2, 0) is 9.53 Å². The lowest BCUT2D eigenvalue weighted by atomic mass is 10.1. The van der Waals surface area contributed by atoms with E-state index in [2.05, 4.69) is 5.32 Å². The molecular formula is C13H15NO4. The summed E-state index contributed by atoms with van der Waals surface area (Å²) in [5.74, 6) is 1.12. The van der Waals surface area contributed by atoms with E-state index < -0.39 is 6.04 Å². The van der Waals surface area contributed by atoms with E-state index in [0.717, 1.165) is 18.4 Å². The number of ether oxygens (including phenoxy) is 3. The Kier molecular flexibility index (Phi) is 2.83. The average Bonchev–Trinajstić information content (AvgIpc) is 3.10. The fourth-order valence-corrected chi connectivity index (χ4v) is 2.00. The number of rotatable bonds is 4. The summed E-state index contributed by atoms with van der Waals surface area (Å²) >= 11 is 0. The maximum absolute atomic E-state index is 11.8. The van der Waals surface area contributed by atoms with Crippen molar-refractivity contribution in [1.82, 2.24) is 5.32 Å². The standard InChI is InChI=1S/C13H15NO4/c1-16-13(15)12(14-9-3-4-9)8-2-5-10-11(6-8)18-7-17-10/h2,5-6,9,12,14H,3-4,7H2,1H3. The van der Waals surface area contributed by atoms with Crippen molar-refractivity contribution in [2.24, 2.45) is 0 Å². The van der Waals surface area contributed by atoms with Gasteiger partial charge in [0.05, 0.1) is 7.11 Å². The minimum absolute atomic E-state index is 0.234. The van der Waals surface area contributed by atoms with Gasteiger partial charge in [-0.1, -0.05) is 6.07 Å². The van der Waals surface area contributed by atoms with E-state index in [4.69, 9.17) is 14.2 Å². The van der Waals surface area contributed by atoms with Gasteiger partial charge >= 0.3 is 5.97 Å². The van der Waals surface area contributed by atoms with Gasteiger partial charge in [-0.3, -0.25) is 5.32 Å². The van der Waals surface area contributed by atoms with Gasteiger partial charge < -0.3 is 14.2 Å². The van der Waals surface area contributed by atoms with Crippen molar-refractivity contribution >= 4 is 5.97 Å². The molecule has 1 atom stereocenters. The molecule has 1 N–H and O–H groups in total. The highest BCUT2D eigenvalue weighted by Crippen LogP contribution is 2.35. The van der Waals surface area contributed by atoms with Crippen molar-refractivity contribution in [1.29, 1.82) is 0 Å². The number of methoxy groups -OCH3 is 1. The molecule has 18 heavy (non-hydrogen) atoms. The van der Waals surface area contributed by atoms with Gasteiger partial charge in [-0.2, -0.15) is 0 Å². The van der Waals surface area contributed by atoms with Gasteiger partial charge in [0.15, 0.2) is 11.5 Å². The summed E-state index contributed by atoms with van der Waals surface area (Å²) in [4.78, 5) is 11.8. The number of carbonyl (C=O) groups is 1. The van der Waals surface area contributed by atoms with Crippen LogP contribution in [0, 0.1) is 0 Å². The van der Waals surface area contributed by atoms with E-state index >= 15 is 0 Å². The second-order valence-corrected chi connectivity index (χ2v) is 4.51. The maximum atomic E-state index is 11.8. The Morgan fingerprint density at radius 1 is 1.39 bits per heavy atom. The predicted molar refractivity (Wildman–Crippen MR) is 63.5 cm³/mol. The van der Waals surface area contributed by atoms with Crippen LogP contribution >= 0.6 is 0 Å². The number of nitrogens with one attached hydrogen (secondary N) is 1. The quantitative estimate of drug-likeness (QED) is 0.817. The fourth-order valence-electron chi connectivity index (χ4n) is 2.00. The summed E-state index contributed by atoms with van der Waals surface area (Å²) in [5.41, 5.74) is 0.845. The first-order valence-corrected chi connectivity index (χ1v) is 6.01. The predicted octanol–water partition coefficient (Wildman–Crippen LogP) is 1.38. The molecule has 1 aromatic rings. The molecule has 1 fully saturated rings. The summed E-state index contributed by atoms with van der Waals surface area (Å²) in [6.07, 6.45) is 2.22. The number of benzene rings is 1. The maximum Gasteiger partial charge on any atom is 0.327 e. The zero-order valence-electron chi connectivity index (χ0n) is 10.1. The molecule has 0 radical (unpaired) electrons. The molecule has 3 rings (SSSR count). The molecule has 0 aromatic heterocycles. The molecule has 0 saturated heterocycles. The molecule has 2 aliphatic rings. The summed E-state index contributed by atoms with van der Waals surface area (Å²) in [5, 5.41) is 3.28. The third-order valence-electron chi connectivity index (χ3n) is 3.15. The first kappa shape index (κ1) is 11.3. The third-order valence-corrected chi connectivity index (χ3v) is 3.15. The lowest BCUT2D eigenvalue weighted by Crippen LogP contribution is -2.31. The van der Waals surface area contributed by atoms with Crippen molar-refractivity contribution in [3.8, 4) is 11.5 Å². The number of carbonyl (C=O) groups excluding carboxylic acids is 1. The van der Waals surface area contributed by atoms with Gasteiger partial charge in [0.25, 0.3) is 0 Å². The van der Waals surface area contributed by atoms with Crippen LogP contribution in [0.25, 0.3) is 0 Å². The number of fused-ring (bicyclic) bond motifs is 1. The zero-order valence-corrected chi connectivity index (χ0v) is 10.1. The molecule has 5 nitrogen and oxygen atoms in total. The van der Waals surface area contributed by atoms with E-state index in [1.54, 1.807) is 0 Å². The lowest BCUT2D eigenvalue weighted by Gasteiger charge is -2.16. The Balaban J connectivity index is 1.86. The number of hydrogen-bond donors (Lipinski definition) is 1. The Morgan fingerprint density at radius 3 is 2.89 bits per heavy atom. The molecule has 1 heterocycles. The number of hydrogen-bond acceptors (Lipinski definition) is 5. The summed E-state index contributed by atoms with van der Waals surface area (Å²) < 4.78 is 15.4.